The predicted octanol–water partition coefficient (Wildman–Crippen LogP) is 0.183. The number of anilines is 1. The molecule has 0 unspecified atom stereocenters. The SMILES string of the molecule is Cn1c(C2CC2)c(N)c(=O)n1C. The minimum Gasteiger partial charge on any atom is -0.393 e. The Morgan fingerprint density at radius 3 is 2.25 bits per heavy atom. The molecule has 0 bridgehead atoms. The van der Waals surface area contributed by atoms with Crippen molar-refractivity contribution in [3.8, 4) is 0 Å². The highest BCUT2D eigenvalue weighted by Gasteiger charge is 2.30. The lowest BCUT2D eigenvalue weighted by Gasteiger charge is -2.03. The van der Waals surface area contributed by atoms with Crippen LogP contribution >= 0.6 is 0 Å². The maximum Gasteiger partial charge on any atom is 0.289 e. The van der Waals surface area contributed by atoms with E-state index >= 15 is 0 Å². The van der Waals surface area contributed by atoms with E-state index in [-0.39, 0.29) is 5.56 Å². The lowest BCUT2D eigenvalue weighted by atomic mass is 10.2. The van der Waals surface area contributed by atoms with Crippen molar-refractivity contribution in [2.45, 2.75) is 18.8 Å². The second-order valence-corrected chi connectivity index (χ2v) is 3.43. The number of nitrogen functional groups attached to an aromatic ring is 1. The van der Waals surface area contributed by atoms with Crippen molar-refractivity contribution in [3.63, 3.8) is 0 Å². The zero-order valence-corrected chi connectivity index (χ0v) is 7.37. The summed E-state index contributed by atoms with van der Waals surface area (Å²) in [5, 5.41) is 0. The van der Waals surface area contributed by atoms with E-state index in [9.17, 15) is 4.79 Å². The molecule has 4 heteroatoms. The first-order chi connectivity index (χ1) is 5.63. The quantitative estimate of drug-likeness (QED) is 0.648. The molecular formula is C8H13N3O. The zero-order chi connectivity index (χ0) is 8.88. The van der Waals surface area contributed by atoms with Crippen molar-refractivity contribution in [2.75, 3.05) is 5.73 Å². The van der Waals surface area contributed by atoms with Crippen LogP contribution in [0.1, 0.15) is 24.5 Å². The highest BCUT2D eigenvalue weighted by Crippen LogP contribution is 2.41. The van der Waals surface area contributed by atoms with Crippen LogP contribution in [0.3, 0.4) is 0 Å². The Balaban J connectivity index is 2.66. The fourth-order valence-electron chi connectivity index (χ4n) is 1.60. The molecule has 1 aromatic heterocycles. The van der Waals surface area contributed by atoms with Gasteiger partial charge in [-0.2, -0.15) is 0 Å². The molecule has 0 aromatic carbocycles. The first-order valence-electron chi connectivity index (χ1n) is 4.14. The van der Waals surface area contributed by atoms with Gasteiger partial charge in [-0.3, -0.25) is 14.2 Å². The summed E-state index contributed by atoms with van der Waals surface area (Å²) in [5.74, 6) is 0.531. The van der Waals surface area contributed by atoms with E-state index in [4.69, 9.17) is 5.73 Å². The fourth-order valence-corrected chi connectivity index (χ4v) is 1.60. The molecule has 1 heterocycles. The summed E-state index contributed by atoms with van der Waals surface area (Å²) in [5.41, 5.74) is 7.07. The maximum absolute atomic E-state index is 11.4. The number of aromatic nitrogens is 2. The lowest BCUT2D eigenvalue weighted by molar-refractivity contribution is 0.557. The molecule has 1 fully saturated rings. The minimum atomic E-state index is -0.0700. The van der Waals surface area contributed by atoms with Crippen LogP contribution in [0.25, 0.3) is 0 Å². The van der Waals surface area contributed by atoms with Crippen LogP contribution in [0.4, 0.5) is 5.69 Å². The third-order valence-electron chi connectivity index (χ3n) is 2.56. The average Bonchev–Trinajstić information content (AvgIpc) is 2.82. The molecule has 0 radical (unpaired) electrons. The van der Waals surface area contributed by atoms with E-state index in [1.54, 1.807) is 11.7 Å². The van der Waals surface area contributed by atoms with E-state index in [2.05, 4.69) is 0 Å². The molecule has 1 aliphatic carbocycles. The molecular weight excluding hydrogens is 154 g/mol. The van der Waals surface area contributed by atoms with E-state index < -0.39 is 0 Å². The van der Waals surface area contributed by atoms with Crippen molar-refractivity contribution >= 4 is 5.69 Å². The van der Waals surface area contributed by atoms with Crippen LogP contribution in [0.15, 0.2) is 4.79 Å². The molecule has 2 N–H and O–H groups in total. The lowest BCUT2D eigenvalue weighted by Crippen LogP contribution is -2.18. The number of rotatable bonds is 1. The van der Waals surface area contributed by atoms with Gasteiger partial charge >= 0.3 is 0 Å². The van der Waals surface area contributed by atoms with Crippen LogP contribution in [-0.2, 0) is 14.1 Å². The summed E-state index contributed by atoms with van der Waals surface area (Å²) in [7, 11) is 3.62. The van der Waals surface area contributed by atoms with Gasteiger partial charge in [0, 0.05) is 20.0 Å². The monoisotopic (exact) mass is 167 g/mol. The molecule has 4 nitrogen and oxygen atoms in total. The molecule has 1 aromatic rings. The van der Waals surface area contributed by atoms with Gasteiger partial charge in [0.1, 0.15) is 5.69 Å². The van der Waals surface area contributed by atoms with Gasteiger partial charge in [-0.25, -0.2) is 0 Å². The van der Waals surface area contributed by atoms with Crippen LogP contribution in [0, 0.1) is 0 Å². The summed E-state index contributed by atoms with van der Waals surface area (Å²) in [6.07, 6.45) is 2.34. The zero-order valence-electron chi connectivity index (χ0n) is 7.37. The summed E-state index contributed by atoms with van der Waals surface area (Å²) in [6, 6.07) is 0. The maximum atomic E-state index is 11.4. The van der Waals surface area contributed by atoms with Gasteiger partial charge in [-0.1, -0.05) is 0 Å². The molecule has 0 atom stereocenters. The van der Waals surface area contributed by atoms with Gasteiger partial charge in [0.05, 0.1) is 5.69 Å². The molecule has 12 heavy (non-hydrogen) atoms. The van der Waals surface area contributed by atoms with Crippen molar-refractivity contribution in [1.29, 1.82) is 0 Å². The van der Waals surface area contributed by atoms with E-state index in [0.29, 0.717) is 11.6 Å². The normalized spacial score (nSPS) is 16.8. The van der Waals surface area contributed by atoms with Crippen molar-refractivity contribution in [1.82, 2.24) is 9.36 Å². The third-order valence-corrected chi connectivity index (χ3v) is 2.56. The van der Waals surface area contributed by atoms with Crippen molar-refractivity contribution in [3.05, 3.63) is 16.0 Å². The number of nitrogens with zero attached hydrogens (tertiary/aromatic N) is 2. The Hall–Kier alpha value is -1.19. The summed E-state index contributed by atoms with van der Waals surface area (Å²) in [4.78, 5) is 11.4. The topological polar surface area (TPSA) is 52.9 Å². The standard InChI is InChI=1S/C8H13N3O/c1-10-7(5-3-4-5)6(9)8(12)11(10)2/h5H,3-4,9H2,1-2H3. The van der Waals surface area contributed by atoms with E-state index in [1.807, 2.05) is 11.7 Å². The Labute approximate surface area is 70.6 Å². The van der Waals surface area contributed by atoms with E-state index in [0.717, 1.165) is 5.69 Å². The second kappa shape index (κ2) is 2.15. The van der Waals surface area contributed by atoms with Crippen molar-refractivity contribution in [2.24, 2.45) is 14.1 Å². The molecule has 0 aliphatic heterocycles. The predicted molar refractivity (Wildman–Crippen MR) is 47.0 cm³/mol. The number of hydrogen-bond acceptors (Lipinski definition) is 2. The molecule has 2 rings (SSSR count). The van der Waals surface area contributed by atoms with Gasteiger partial charge in [0.25, 0.3) is 5.56 Å². The van der Waals surface area contributed by atoms with Gasteiger partial charge in [-0.15, -0.1) is 0 Å². The molecule has 1 saturated carbocycles. The Morgan fingerprint density at radius 2 is 1.92 bits per heavy atom. The Kier molecular flexibility index (Phi) is 1.34. The Bertz CT molecular complexity index is 370. The average molecular weight is 167 g/mol. The van der Waals surface area contributed by atoms with Crippen LogP contribution < -0.4 is 11.3 Å². The largest absolute Gasteiger partial charge is 0.393 e. The molecule has 0 amide bonds. The van der Waals surface area contributed by atoms with Gasteiger partial charge in [0.15, 0.2) is 0 Å². The molecule has 1 aliphatic rings. The minimum absolute atomic E-state index is 0.0700. The first-order valence-corrected chi connectivity index (χ1v) is 4.14. The highest BCUT2D eigenvalue weighted by atomic mass is 16.1. The summed E-state index contributed by atoms with van der Waals surface area (Å²) < 4.78 is 3.42. The third kappa shape index (κ3) is 0.807. The number of nitrogens with two attached hydrogens (primary N) is 1. The van der Waals surface area contributed by atoms with Crippen LogP contribution in [-0.4, -0.2) is 9.36 Å². The van der Waals surface area contributed by atoms with E-state index in [1.165, 1.54) is 12.8 Å². The Morgan fingerprint density at radius 1 is 1.33 bits per heavy atom. The van der Waals surface area contributed by atoms with Gasteiger partial charge < -0.3 is 5.73 Å². The second-order valence-electron chi connectivity index (χ2n) is 3.43. The van der Waals surface area contributed by atoms with Gasteiger partial charge in [-0.05, 0) is 12.8 Å². The van der Waals surface area contributed by atoms with Crippen LogP contribution in [0.5, 0.6) is 0 Å². The first kappa shape index (κ1) is 7.46. The molecule has 0 spiro atoms. The summed E-state index contributed by atoms with van der Waals surface area (Å²) >= 11 is 0. The summed E-state index contributed by atoms with van der Waals surface area (Å²) in [6.45, 7) is 0. The smallest absolute Gasteiger partial charge is 0.289 e. The highest BCUT2D eigenvalue weighted by molar-refractivity contribution is 5.45. The van der Waals surface area contributed by atoms with Crippen molar-refractivity contribution < 1.29 is 0 Å². The molecule has 66 valence electrons. The van der Waals surface area contributed by atoms with Gasteiger partial charge in [0.2, 0.25) is 0 Å². The number of hydrogen-bond donors (Lipinski definition) is 1. The van der Waals surface area contributed by atoms with Crippen LogP contribution in [0.2, 0.25) is 0 Å². The fraction of sp³-hybridized carbons (Fsp3) is 0.625. The molecule has 0 saturated heterocycles.